The Hall–Kier alpha value is -2.48. The van der Waals surface area contributed by atoms with Crippen LogP contribution in [0.2, 0.25) is 0 Å². The molecule has 0 aliphatic rings. The molecule has 0 aliphatic carbocycles. The van der Waals surface area contributed by atoms with Gasteiger partial charge in [-0.25, -0.2) is 9.97 Å². The second-order valence-corrected chi connectivity index (χ2v) is 9.37. The molecule has 0 N–H and O–H groups in total. The Balaban J connectivity index is 1.48. The van der Waals surface area contributed by atoms with Gasteiger partial charge in [-0.05, 0) is 47.9 Å². The molecule has 176 valence electrons. The van der Waals surface area contributed by atoms with Gasteiger partial charge in [-0.2, -0.15) is 0 Å². The minimum Gasteiger partial charge on any atom is -0.236 e. The van der Waals surface area contributed by atoms with Gasteiger partial charge in [0.25, 0.3) is 0 Å². The monoisotopic (exact) mass is 442 g/mol. The highest BCUT2D eigenvalue weighted by Crippen LogP contribution is 2.24. The summed E-state index contributed by atoms with van der Waals surface area (Å²) in [4.78, 5) is 9.24. The van der Waals surface area contributed by atoms with E-state index in [0.29, 0.717) is 0 Å². The smallest absolute Gasteiger partial charge is 0.159 e. The SMILES string of the molecule is CCCCCCCCc1ccc(-c2ccc(-c3ncc(CCCCCCC)cn3)cc2)cc1. The maximum atomic E-state index is 4.62. The van der Waals surface area contributed by atoms with Crippen LogP contribution in [0.5, 0.6) is 0 Å². The van der Waals surface area contributed by atoms with Gasteiger partial charge in [-0.3, -0.25) is 0 Å². The summed E-state index contributed by atoms with van der Waals surface area (Å²) in [5.74, 6) is 0.811. The van der Waals surface area contributed by atoms with Crippen molar-refractivity contribution in [3.8, 4) is 22.5 Å². The molecule has 0 unspecified atom stereocenters. The summed E-state index contributed by atoms with van der Waals surface area (Å²) in [6, 6.07) is 17.7. The zero-order valence-corrected chi connectivity index (χ0v) is 20.9. The van der Waals surface area contributed by atoms with Crippen molar-refractivity contribution >= 4 is 0 Å². The minimum atomic E-state index is 0.811. The van der Waals surface area contributed by atoms with E-state index in [1.54, 1.807) is 0 Å². The highest BCUT2D eigenvalue weighted by Gasteiger charge is 2.04. The molecule has 2 heteroatoms. The van der Waals surface area contributed by atoms with Crippen LogP contribution in [0.1, 0.15) is 95.6 Å². The van der Waals surface area contributed by atoms with Gasteiger partial charge in [-0.15, -0.1) is 0 Å². The Labute approximate surface area is 201 Å². The number of hydrogen-bond acceptors (Lipinski definition) is 2. The van der Waals surface area contributed by atoms with E-state index < -0.39 is 0 Å². The van der Waals surface area contributed by atoms with E-state index >= 15 is 0 Å². The number of hydrogen-bond donors (Lipinski definition) is 0. The summed E-state index contributed by atoms with van der Waals surface area (Å²) in [5, 5.41) is 0. The van der Waals surface area contributed by atoms with Gasteiger partial charge in [0.15, 0.2) is 5.82 Å². The Morgan fingerprint density at radius 1 is 0.455 bits per heavy atom. The average Bonchev–Trinajstić information content (AvgIpc) is 2.87. The van der Waals surface area contributed by atoms with Crippen LogP contribution >= 0.6 is 0 Å². The highest BCUT2D eigenvalue weighted by atomic mass is 14.9. The van der Waals surface area contributed by atoms with E-state index in [4.69, 9.17) is 0 Å². The van der Waals surface area contributed by atoms with Crippen molar-refractivity contribution in [2.24, 2.45) is 0 Å². The highest BCUT2D eigenvalue weighted by molar-refractivity contribution is 5.67. The predicted octanol–water partition coefficient (Wildman–Crippen LogP) is 9.23. The molecule has 0 saturated heterocycles. The molecule has 0 radical (unpaired) electrons. The maximum Gasteiger partial charge on any atom is 0.159 e. The van der Waals surface area contributed by atoms with E-state index in [9.17, 15) is 0 Å². The van der Waals surface area contributed by atoms with Crippen molar-refractivity contribution in [2.75, 3.05) is 0 Å². The van der Waals surface area contributed by atoms with Crippen molar-refractivity contribution < 1.29 is 0 Å². The van der Waals surface area contributed by atoms with E-state index in [-0.39, 0.29) is 0 Å². The van der Waals surface area contributed by atoms with Crippen LogP contribution in [0, 0.1) is 0 Å². The molecule has 1 aromatic heterocycles. The van der Waals surface area contributed by atoms with Crippen molar-refractivity contribution in [1.29, 1.82) is 0 Å². The Morgan fingerprint density at radius 2 is 0.879 bits per heavy atom. The van der Waals surface area contributed by atoms with Gasteiger partial charge >= 0.3 is 0 Å². The third-order valence-corrected chi connectivity index (χ3v) is 6.52. The molecule has 0 fully saturated rings. The van der Waals surface area contributed by atoms with Crippen LogP contribution in [0.25, 0.3) is 22.5 Å². The zero-order chi connectivity index (χ0) is 23.1. The largest absolute Gasteiger partial charge is 0.236 e. The van der Waals surface area contributed by atoms with Crippen molar-refractivity contribution in [3.05, 3.63) is 72.1 Å². The van der Waals surface area contributed by atoms with Crippen LogP contribution in [0.15, 0.2) is 60.9 Å². The quantitative estimate of drug-likeness (QED) is 0.219. The van der Waals surface area contributed by atoms with E-state index in [0.717, 1.165) is 17.8 Å². The van der Waals surface area contributed by atoms with Gasteiger partial charge in [-0.1, -0.05) is 120 Å². The van der Waals surface area contributed by atoms with Crippen molar-refractivity contribution in [2.45, 2.75) is 97.3 Å². The molecule has 0 atom stereocenters. The fourth-order valence-corrected chi connectivity index (χ4v) is 4.35. The normalized spacial score (nSPS) is 11.1. The lowest BCUT2D eigenvalue weighted by Gasteiger charge is -2.07. The molecule has 0 spiro atoms. The molecule has 2 nitrogen and oxygen atoms in total. The number of aromatic nitrogens is 2. The third-order valence-electron chi connectivity index (χ3n) is 6.52. The summed E-state index contributed by atoms with van der Waals surface area (Å²) in [5.41, 5.74) is 6.28. The predicted molar refractivity (Wildman–Crippen MR) is 142 cm³/mol. The standard InChI is InChI=1S/C31H42N2/c1-3-5-7-9-11-12-14-26-16-18-28(19-17-26)29-20-22-30(23-21-29)31-32-24-27(25-33-31)15-13-10-8-6-4-2/h16-25H,3-15H2,1-2H3. The Kier molecular flexibility index (Phi) is 11.1. The third kappa shape index (κ3) is 8.76. The van der Waals surface area contributed by atoms with E-state index in [2.05, 4.69) is 72.3 Å². The Bertz CT molecular complexity index is 895. The van der Waals surface area contributed by atoms with E-state index in [1.165, 1.54) is 99.3 Å². The molecule has 3 rings (SSSR count). The summed E-state index contributed by atoms with van der Waals surface area (Å²) < 4.78 is 0. The fraction of sp³-hybridized carbons (Fsp3) is 0.484. The zero-order valence-electron chi connectivity index (χ0n) is 20.9. The summed E-state index contributed by atoms with van der Waals surface area (Å²) in [6.07, 6.45) is 20.9. The molecule has 2 aromatic carbocycles. The topological polar surface area (TPSA) is 25.8 Å². The lowest BCUT2D eigenvalue weighted by Crippen LogP contribution is -1.93. The number of rotatable bonds is 15. The first-order valence-corrected chi connectivity index (χ1v) is 13.3. The van der Waals surface area contributed by atoms with Gasteiger partial charge < -0.3 is 0 Å². The lowest BCUT2D eigenvalue weighted by molar-refractivity contribution is 0.607. The minimum absolute atomic E-state index is 0.811. The van der Waals surface area contributed by atoms with Crippen molar-refractivity contribution in [3.63, 3.8) is 0 Å². The molecule has 0 saturated carbocycles. The molecule has 0 aliphatic heterocycles. The van der Waals surface area contributed by atoms with Gasteiger partial charge in [0.05, 0.1) is 0 Å². The van der Waals surface area contributed by atoms with Crippen molar-refractivity contribution in [1.82, 2.24) is 9.97 Å². The van der Waals surface area contributed by atoms with Crippen LogP contribution in [0.4, 0.5) is 0 Å². The molecule has 0 bridgehead atoms. The molecular formula is C31H42N2. The number of nitrogens with zero attached hydrogens (tertiary/aromatic N) is 2. The lowest BCUT2D eigenvalue weighted by atomic mass is 10.00. The first-order chi connectivity index (χ1) is 16.3. The molecular weight excluding hydrogens is 400 g/mol. The number of aryl methyl sites for hydroxylation is 2. The Morgan fingerprint density at radius 3 is 1.42 bits per heavy atom. The molecule has 0 amide bonds. The van der Waals surface area contributed by atoms with Gasteiger partial charge in [0.2, 0.25) is 0 Å². The van der Waals surface area contributed by atoms with Gasteiger partial charge in [0, 0.05) is 18.0 Å². The van der Waals surface area contributed by atoms with E-state index in [1.807, 2.05) is 12.4 Å². The van der Waals surface area contributed by atoms with Crippen LogP contribution in [0.3, 0.4) is 0 Å². The second-order valence-electron chi connectivity index (χ2n) is 9.37. The molecule has 33 heavy (non-hydrogen) atoms. The first-order valence-electron chi connectivity index (χ1n) is 13.3. The van der Waals surface area contributed by atoms with Gasteiger partial charge in [0.1, 0.15) is 0 Å². The van der Waals surface area contributed by atoms with Crippen LogP contribution in [-0.4, -0.2) is 9.97 Å². The molecule has 1 heterocycles. The average molecular weight is 443 g/mol. The molecule has 3 aromatic rings. The summed E-state index contributed by atoms with van der Waals surface area (Å²) in [6.45, 7) is 4.53. The fourth-order valence-electron chi connectivity index (χ4n) is 4.35. The van der Waals surface area contributed by atoms with Crippen LogP contribution < -0.4 is 0 Å². The first kappa shape index (κ1) is 25.1. The number of benzene rings is 2. The summed E-state index contributed by atoms with van der Waals surface area (Å²) in [7, 11) is 0. The maximum absolute atomic E-state index is 4.62. The summed E-state index contributed by atoms with van der Waals surface area (Å²) >= 11 is 0. The number of unbranched alkanes of at least 4 members (excludes halogenated alkanes) is 9. The van der Waals surface area contributed by atoms with Crippen LogP contribution in [-0.2, 0) is 12.8 Å². The second kappa shape index (κ2) is 14.6.